The lowest BCUT2D eigenvalue weighted by Gasteiger charge is -2.25. The number of likely N-dealkylation sites (tertiary alicyclic amines) is 1. The molecule has 0 radical (unpaired) electrons. The maximum absolute atomic E-state index is 12.9. The zero-order valence-electron chi connectivity index (χ0n) is 17.7. The summed E-state index contributed by atoms with van der Waals surface area (Å²) in [6, 6.07) is 7.91. The molecule has 3 aromatic rings. The molecule has 156 valence electrons. The van der Waals surface area contributed by atoms with Gasteiger partial charge in [0.25, 0.3) is 0 Å². The molecule has 1 amide bonds. The summed E-state index contributed by atoms with van der Waals surface area (Å²) in [6.45, 7) is 7.09. The van der Waals surface area contributed by atoms with E-state index in [-0.39, 0.29) is 11.9 Å². The number of hydrogen-bond donors (Lipinski definition) is 1. The number of aromatic nitrogens is 5. The topological polar surface area (TPSA) is 88.8 Å². The van der Waals surface area contributed by atoms with Crippen molar-refractivity contribution in [2.24, 2.45) is 0 Å². The second kappa shape index (κ2) is 8.61. The van der Waals surface area contributed by atoms with Crippen LogP contribution >= 0.6 is 0 Å². The van der Waals surface area contributed by atoms with Crippen LogP contribution in [0.15, 0.2) is 36.7 Å². The van der Waals surface area contributed by atoms with Gasteiger partial charge >= 0.3 is 0 Å². The minimum atomic E-state index is 0.0127. The number of nitrogens with one attached hydrogen (secondary N) is 1. The van der Waals surface area contributed by atoms with Gasteiger partial charge in [0.1, 0.15) is 11.6 Å². The van der Waals surface area contributed by atoms with E-state index in [4.69, 9.17) is 4.98 Å². The zero-order valence-corrected chi connectivity index (χ0v) is 17.7. The first-order valence-corrected chi connectivity index (χ1v) is 10.3. The van der Waals surface area contributed by atoms with Gasteiger partial charge in [-0.2, -0.15) is 0 Å². The molecule has 1 atom stereocenters. The molecular formula is C22H27N7O. The normalized spacial score (nSPS) is 16.1. The average molecular weight is 406 g/mol. The number of carbonyl (C=O) groups excluding carboxylic acids is 1. The standard InChI is InChI=1S/C22H27N7O/c1-15-14-16(2)26-22(25-15)24-10-9-21(30)29-12-5-7-19(29)18-6-4-8-20(27-18)28-13-11-23-17(28)3/h4,6,8,11,13-14,19H,5,7,9-10,12H2,1-3H3,(H,24,25,26). The van der Waals surface area contributed by atoms with Crippen molar-refractivity contribution in [3.8, 4) is 5.82 Å². The maximum atomic E-state index is 12.9. The van der Waals surface area contributed by atoms with Gasteiger partial charge in [-0.15, -0.1) is 0 Å². The van der Waals surface area contributed by atoms with Crippen LogP contribution in [0.2, 0.25) is 0 Å². The van der Waals surface area contributed by atoms with E-state index in [9.17, 15) is 4.79 Å². The summed E-state index contributed by atoms with van der Waals surface area (Å²) in [6.07, 6.45) is 5.98. The number of nitrogens with zero attached hydrogens (tertiary/aromatic N) is 6. The first-order chi connectivity index (χ1) is 14.5. The fourth-order valence-electron chi connectivity index (χ4n) is 3.98. The molecule has 1 saturated heterocycles. The number of aryl methyl sites for hydroxylation is 3. The number of amides is 1. The molecule has 1 aliphatic heterocycles. The lowest BCUT2D eigenvalue weighted by molar-refractivity contribution is -0.131. The second-order valence-corrected chi connectivity index (χ2v) is 7.66. The Morgan fingerprint density at radius 2 is 1.97 bits per heavy atom. The molecular weight excluding hydrogens is 378 g/mol. The van der Waals surface area contributed by atoms with E-state index in [1.54, 1.807) is 6.20 Å². The van der Waals surface area contributed by atoms with Gasteiger partial charge < -0.3 is 10.2 Å². The van der Waals surface area contributed by atoms with Gasteiger partial charge in [-0.1, -0.05) is 6.07 Å². The summed E-state index contributed by atoms with van der Waals surface area (Å²) < 4.78 is 1.96. The summed E-state index contributed by atoms with van der Waals surface area (Å²) in [5, 5.41) is 3.17. The van der Waals surface area contributed by atoms with Crippen molar-refractivity contribution in [3.63, 3.8) is 0 Å². The fourth-order valence-corrected chi connectivity index (χ4v) is 3.98. The van der Waals surface area contributed by atoms with Crippen LogP contribution < -0.4 is 5.32 Å². The molecule has 0 aliphatic carbocycles. The fraction of sp³-hybridized carbons (Fsp3) is 0.409. The van der Waals surface area contributed by atoms with E-state index in [1.807, 2.05) is 60.7 Å². The molecule has 1 aliphatic rings. The van der Waals surface area contributed by atoms with E-state index < -0.39 is 0 Å². The van der Waals surface area contributed by atoms with Gasteiger partial charge in [0.05, 0.1) is 11.7 Å². The molecule has 3 aromatic heterocycles. The Labute approximate surface area is 176 Å². The average Bonchev–Trinajstić information content (AvgIpc) is 3.36. The summed E-state index contributed by atoms with van der Waals surface area (Å²) in [5.74, 6) is 2.41. The number of pyridine rings is 1. The van der Waals surface area contributed by atoms with Crippen LogP contribution in [0.1, 0.15) is 48.2 Å². The summed E-state index contributed by atoms with van der Waals surface area (Å²) >= 11 is 0. The van der Waals surface area contributed by atoms with E-state index in [0.717, 1.165) is 48.1 Å². The number of anilines is 1. The van der Waals surface area contributed by atoms with Crippen molar-refractivity contribution in [2.75, 3.05) is 18.4 Å². The lowest BCUT2D eigenvalue weighted by atomic mass is 10.1. The highest BCUT2D eigenvalue weighted by molar-refractivity contribution is 5.77. The predicted molar refractivity (Wildman–Crippen MR) is 114 cm³/mol. The third kappa shape index (κ3) is 4.32. The molecule has 1 unspecified atom stereocenters. The Balaban J connectivity index is 1.42. The number of rotatable bonds is 6. The quantitative estimate of drug-likeness (QED) is 0.678. The number of carbonyl (C=O) groups is 1. The first kappa shape index (κ1) is 20.0. The Morgan fingerprint density at radius 3 is 2.70 bits per heavy atom. The highest BCUT2D eigenvalue weighted by Gasteiger charge is 2.30. The van der Waals surface area contributed by atoms with Crippen molar-refractivity contribution in [1.29, 1.82) is 0 Å². The largest absolute Gasteiger partial charge is 0.354 e. The summed E-state index contributed by atoms with van der Waals surface area (Å²) in [5.41, 5.74) is 2.75. The van der Waals surface area contributed by atoms with E-state index in [1.165, 1.54) is 0 Å². The maximum Gasteiger partial charge on any atom is 0.224 e. The Bertz CT molecular complexity index is 1030. The predicted octanol–water partition coefficient (Wildman–Crippen LogP) is 3.15. The monoisotopic (exact) mass is 405 g/mol. The minimum Gasteiger partial charge on any atom is -0.354 e. The third-order valence-corrected chi connectivity index (χ3v) is 5.35. The van der Waals surface area contributed by atoms with Gasteiger partial charge in [0, 0.05) is 43.3 Å². The van der Waals surface area contributed by atoms with Crippen LogP contribution in [0, 0.1) is 20.8 Å². The summed E-state index contributed by atoms with van der Waals surface area (Å²) in [7, 11) is 0. The van der Waals surface area contributed by atoms with Crippen molar-refractivity contribution in [1.82, 2.24) is 29.4 Å². The van der Waals surface area contributed by atoms with Crippen LogP contribution in [0.4, 0.5) is 5.95 Å². The minimum absolute atomic E-state index is 0.0127. The van der Waals surface area contributed by atoms with Crippen molar-refractivity contribution in [2.45, 2.75) is 46.1 Å². The van der Waals surface area contributed by atoms with Crippen LogP contribution in [0.25, 0.3) is 5.82 Å². The third-order valence-electron chi connectivity index (χ3n) is 5.35. The molecule has 1 N–H and O–H groups in total. The van der Waals surface area contributed by atoms with Gasteiger partial charge in [0.2, 0.25) is 11.9 Å². The highest BCUT2D eigenvalue weighted by Crippen LogP contribution is 2.31. The van der Waals surface area contributed by atoms with Gasteiger partial charge in [-0.3, -0.25) is 9.36 Å². The van der Waals surface area contributed by atoms with Crippen LogP contribution in [0.5, 0.6) is 0 Å². The molecule has 0 bridgehead atoms. The van der Waals surface area contributed by atoms with Gasteiger partial charge in [0.15, 0.2) is 0 Å². The number of hydrogen-bond acceptors (Lipinski definition) is 6. The van der Waals surface area contributed by atoms with Crippen LogP contribution in [-0.2, 0) is 4.79 Å². The zero-order chi connectivity index (χ0) is 21.1. The molecule has 8 heteroatoms. The molecule has 0 saturated carbocycles. The smallest absolute Gasteiger partial charge is 0.224 e. The van der Waals surface area contributed by atoms with Crippen LogP contribution in [0.3, 0.4) is 0 Å². The molecule has 1 fully saturated rings. The Hall–Kier alpha value is -3.29. The molecule has 0 aromatic carbocycles. The number of imidazole rings is 1. The lowest BCUT2D eigenvalue weighted by Crippen LogP contribution is -2.32. The van der Waals surface area contributed by atoms with E-state index in [2.05, 4.69) is 20.3 Å². The molecule has 4 rings (SSSR count). The second-order valence-electron chi connectivity index (χ2n) is 7.66. The van der Waals surface area contributed by atoms with Crippen molar-refractivity contribution < 1.29 is 4.79 Å². The van der Waals surface area contributed by atoms with Crippen molar-refractivity contribution >= 4 is 11.9 Å². The van der Waals surface area contributed by atoms with Crippen molar-refractivity contribution in [3.05, 3.63) is 59.6 Å². The summed E-state index contributed by atoms with van der Waals surface area (Å²) in [4.78, 5) is 32.7. The van der Waals surface area contributed by atoms with Gasteiger partial charge in [-0.25, -0.2) is 19.9 Å². The van der Waals surface area contributed by atoms with Gasteiger partial charge in [-0.05, 0) is 51.8 Å². The SMILES string of the molecule is Cc1cc(C)nc(NCCC(=O)N2CCCC2c2cccc(-n3ccnc3C)n2)n1. The Kier molecular flexibility index (Phi) is 5.74. The highest BCUT2D eigenvalue weighted by atomic mass is 16.2. The van der Waals surface area contributed by atoms with E-state index >= 15 is 0 Å². The Morgan fingerprint density at radius 1 is 1.17 bits per heavy atom. The molecule has 30 heavy (non-hydrogen) atoms. The first-order valence-electron chi connectivity index (χ1n) is 10.3. The molecule has 8 nitrogen and oxygen atoms in total. The molecule has 0 spiro atoms. The van der Waals surface area contributed by atoms with Crippen LogP contribution in [-0.4, -0.2) is 48.4 Å². The molecule has 4 heterocycles. The van der Waals surface area contributed by atoms with E-state index in [0.29, 0.717) is 18.9 Å².